The topological polar surface area (TPSA) is 44.8 Å². The van der Waals surface area contributed by atoms with Crippen LogP contribution in [-0.2, 0) is 19.0 Å². The van der Waals surface area contributed by atoms with Crippen LogP contribution in [0.1, 0.15) is 46.0 Å². The second-order valence-electron chi connectivity index (χ2n) is 6.40. The minimum Gasteiger partial charge on any atom is -0.468 e. The van der Waals surface area contributed by atoms with Crippen molar-refractivity contribution in [2.75, 3.05) is 7.11 Å². The molecule has 0 amide bonds. The third-order valence-electron chi connectivity index (χ3n) is 4.78. The smallest absolute Gasteiger partial charge is 0.404 e. The van der Waals surface area contributed by atoms with E-state index in [2.05, 4.69) is 4.74 Å². The molecule has 1 aliphatic heterocycles. The SMILES string of the molecule is COC(=O)C(C)(CC1OC2CCCCC2OC1C)C(F)(F)F. The average molecular weight is 324 g/mol. The number of hydrogen-bond donors (Lipinski definition) is 0. The molecule has 0 aromatic heterocycles. The lowest BCUT2D eigenvalue weighted by Crippen LogP contribution is -2.54. The van der Waals surface area contributed by atoms with E-state index < -0.39 is 36.2 Å². The van der Waals surface area contributed by atoms with Gasteiger partial charge in [-0.3, -0.25) is 4.79 Å². The summed E-state index contributed by atoms with van der Waals surface area (Å²) in [5, 5.41) is 0. The molecule has 5 unspecified atom stereocenters. The summed E-state index contributed by atoms with van der Waals surface area (Å²) >= 11 is 0. The van der Waals surface area contributed by atoms with Crippen LogP contribution in [0.4, 0.5) is 13.2 Å². The number of rotatable bonds is 3. The van der Waals surface area contributed by atoms with Gasteiger partial charge in [0.25, 0.3) is 0 Å². The Morgan fingerprint density at radius 3 is 2.23 bits per heavy atom. The summed E-state index contributed by atoms with van der Waals surface area (Å²) in [7, 11) is 0.963. The van der Waals surface area contributed by atoms with Crippen molar-refractivity contribution in [1.29, 1.82) is 0 Å². The first-order valence-electron chi connectivity index (χ1n) is 7.65. The Bertz CT molecular complexity index is 412. The number of hydrogen-bond acceptors (Lipinski definition) is 4. The standard InChI is InChI=1S/C15H23F3O4/c1-9-12(22-11-7-5-4-6-10(11)21-9)8-14(2,13(19)20-3)15(16,17)18/h9-12H,4-8H2,1-3H3. The molecule has 2 rings (SSSR count). The summed E-state index contributed by atoms with van der Waals surface area (Å²) in [6.07, 6.45) is -2.98. The molecule has 2 fully saturated rings. The van der Waals surface area contributed by atoms with Gasteiger partial charge in [-0.2, -0.15) is 13.2 Å². The summed E-state index contributed by atoms with van der Waals surface area (Å²) in [5.74, 6) is -1.29. The van der Waals surface area contributed by atoms with Crippen molar-refractivity contribution in [3.63, 3.8) is 0 Å². The van der Waals surface area contributed by atoms with Crippen molar-refractivity contribution in [2.45, 2.75) is 76.5 Å². The normalized spacial score (nSPS) is 35.4. The van der Waals surface area contributed by atoms with Gasteiger partial charge in [0.15, 0.2) is 5.41 Å². The van der Waals surface area contributed by atoms with E-state index in [1.807, 2.05) is 0 Å². The van der Waals surface area contributed by atoms with Gasteiger partial charge in [-0.15, -0.1) is 0 Å². The molecule has 1 saturated carbocycles. The highest BCUT2D eigenvalue weighted by Crippen LogP contribution is 2.45. The third-order valence-corrected chi connectivity index (χ3v) is 4.78. The van der Waals surface area contributed by atoms with E-state index in [0.717, 1.165) is 39.7 Å². The molecule has 2 aliphatic rings. The summed E-state index contributed by atoms with van der Waals surface area (Å²) in [4.78, 5) is 11.7. The zero-order valence-corrected chi connectivity index (χ0v) is 13.1. The fourth-order valence-corrected chi connectivity index (χ4v) is 3.23. The highest BCUT2D eigenvalue weighted by molar-refractivity contribution is 5.77. The van der Waals surface area contributed by atoms with Crippen molar-refractivity contribution in [2.24, 2.45) is 5.41 Å². The number of alkyl halides is 3. The number of methoxy groups -OCH3 is 1. The molecular weight excluding hydrogens is 301 g/mol. The molecule has 128 valence electrons. The van der Waals surface area contributed by atoms with Crippen LogP contribution in [0.5, 0.6) is 0 Å². The van der Waals surface area contributed by atoms with Crippen LogP contribution >= 0.6 is 0 Å². The Labute approximate surface area is 128 Å². The number of carbonyl (C=O) groups excluding carboxylic acids is 1. The molecular formula is C15H23F3O4. The van der Waals surface area contributed by atoms with Gasteiger partial charge >= 0.3 is 12.1 Å². The van der Waals surface area contributed by atoms with Crippen LogP contribution in [0.3, 0.4) is 0 Å². The number of esters is 1. The maximum absolute atomic E-state index is 13.4. The summed E-state index contributed by atoms with van der Waals surface area (Å²) in [6.45, 7) is 2.56. The Kier molecular flexibility index (Phi) is 5.06. The molecule has 1 saturated heterocycles. The zero-order chi connectivity index (χ0) is 16.5. The lowest BCUT2D eigenvalue weighted by molar-refractivity contribution is -0.264. The van der Waals surface area contributed by atoms with Gasteiger partial charge in [0.1, 0.15) is 0 Å². The Hall–Kier alpha value is -0.820. The summed E-state index contributed by atoms with van der Waals surface area (Å²) in [5.41, 5.74) is -2.59. The Balaban J connectivity index is 2.14. The average Bonchev–Trinajstić information content (AvgIpc) is 2.45. The Morgan fingerprint density at radius 2 is 1.73 bits per heavy atom. The van der Waals surface area contributed by atoms with Crippen molar-refractivity contribution in [1.82, 2.24) is 0 Å². The first kappa shape index (κ1) is 17.5. The number of fused-ring (bicyclic) bond motifs is 1. The number of ether oxygens (including phenoxy) is 3. The van der Waals surface area contributed by atoms with Crippen LogP contribution in [0.2, 0.25) is 0 Å². The van der Waals surface area contributed by atoms with Gasteiger partial charge in [0, 0.05) is 6.42 Å². The molecule has 1 aliphatic carbocycles. The molecule has 1 heterocycles. The fourth-order valence-electron chi connectivity index (χ4n) is 3.23. The van der Waals surface area contributed by atoms with Crippen molar-refractivity contribution >= 4 is 5.97 Å². The molecule has 0 aromatic carbocycles. The third kappa shape index (κ3) is 3.25. The highest BCUT2D eigenvalue weighted by atomic mass is 19.4. The monoisotopic (exact) mass is 324 g/mol. The molecule has 22 heavy (non-hydrogen) atoms. The predicted octanol–water partition coefficient (Wildman–Crippen LogP) is 3.23. The first-order chi connectivity index (χ1) is 10.2. The van der Waals surface area contributed by atoms with E-state index in [-0.39, 0.29) is 12.2 Å². The molecule has 4 nitrogen and oxygen atoms in total. The lowest BCUT2D eigenvalue weighted by Gasteiger charge is -2.45. The van der Waals surface area contributed by atoms with Gasteiger partial charge in [-0.05, 0) is 26.7 Å². The maximum atomic E-state index is 13.4. The van der Waals surface area contributed by atoms with E-state index in [9.17, 15) is 18.0 Å². The second kappa shape index (κ2) is 6.35. The molecule has 0 radical (unpaired) electrons. The van der Waals surface area contributed by atoms with Gasteiger partial charge in [0.05, 0.1) is 31.5 Å². The van der Waals surface area contributed by atoms with Crippen LogP contribution in [-0.4, -0.2) is 43.7 Å². The van der Waals surface area contributed by atoms with E-state index >= 15 is 0 Å². The van der Waals surface area contributed by atoms with Crippen LogP contribution in [0.15, 0.2) is 0 Å². The van der Waals surface area contributed by atoms with E-state index in [4.69, 9.17) is 9.47 Å². The highest BCUT2D eigenvalue weighted by Gasteiger charge is 2.59. The van der Waals surface area contributed by atoms with E-state index in [1.54, 1.807) is 6.92 Å². The summed E-state index contributed by atoms with van der Waals surface area (Å²) in [6, 6.07) is 0. The quantitative estimate of drug-likeness (QED) is 0.748. The van der Waals surface area contributed by atoms with Crippen LogP contribution in [0.25, 0.3) is 0 Å². The van der Waals surface area contributed by atoms with Crippen molar-refractivity contribution in [3.05, 3.63) is 0 Å². The van der Waals surface area contributed by atoms with Gasteiger partial charge in [-0.25, -0.2) is 0 Å². The molecule has 0 aromatic rings. The minimum atomic E-state index is -4.70. The largest absolute Gasteiger partial charge is 0.468 e. The van der Waals surface area contributed by atoms with Crippen LogP contribution < -0.4 is 0 Å². The number of halogens is 3. The Morgan fingerprint density at radius 1 is 1.18 bits per heavy atom. The fraction of sp³-hybridized carbons (Fsp3) is 0.933. The molecule has 0 N–H and O–H groups in total. The lowest BCUT2D eigenvalue weighted by atomic mass is 9.81. The zero-order valence-electron chi connectivity index (χ0n) is 13.1. The first-order valence-corrected chi connectivity index (χ1v) is 7.65. The van der Waals surface area contributed by atoms with E-state index in [0.29, 0.717) is 0 Å². The molecule has 5 atom stereocenters. The summed E-state index contributed by atoms with van der Waals surface area (Å²) < 4.78 is 56.1. The van der Waals surface area contributed by atoms with Crippen LogP contribution in [0, 0.1) is 5.41 Å². The molecule has 0 bridgehead atoms. The van der Waals surface area contributed by atoms with Crippen molar-refractivity contribution in [3.8, 4) is 0 Å². The van der Waals surface area contributed by atoms with Gasteiger partial charge < -0.3 is 14.2 Å². The molecule has 0 spiro atoms. The van der Waals surface area contributed by atoms with Gasteiger partial charge in [-0.1, -0.05) is 12.8 Å². The second-order valence-corrected chi connectivity index (χ2v) is 6.40. The van der Waals surface area contributed by atoms with Gasteiger partial charge in [0.2, 0.25) is 0 Å². The molecule has 7 heteroatoms. The maximum Gasteiger partial charge on any atom is 0.404 e. The van der Waals surface area contributed by atoms with Crippen molar-refractivity contribution < 1.29 is 32.2 Å². The van der Waals surface area contributed by atoms with E-state index in [1.165, 1.54) is 0 Å². The minimum absolute atomic E-state index is 0.0460. The number of carbonyl (C=O) groups is 1. The predicted molar refractivity (Wildman–Crippen MR) is 72.3 cm³/mol.